The summed E-state index contributed by atoms with van der Waals surface area (Å²) in [5.74, 6) is 0.694. The van der Waals surface area contributed by atoms with Crippen LogP contribution in [-0.2, 0) is 0 Å². The van der Waals surface area contributed by atoms with E-state index in [1.165, 1.54) is 6.42 Å². The smallest absolute Gasteiger partial charge is 0.0434 e. The van der Waals surface area contributed by atoms with Gasteiger partial charge < -0.3 is 5.11 Å². The Labute approximate surface area is 49.9 Å². The number of nitrogens with zero attached hydrogens (tertiary/aromatic N) is 1. The van der Waals surface area contributed by atoms with Crippen LogP contribution in [0.5, 0.6) is 0 Å². The summed E-state index contributed by atoms with van der Waals surface area (Å²) < 4.78 is 0. The minimum absolute atomic E-state index is 0.334. The number of aliphatic hydroxyl groups excluding tert-OH is 1. The highest BCUT2D eigenvalue weighted by Gasteiger charge is 2.13. The average Bonchev–Trinajstić information content (AvgIpc) is 2.19. The van der Waals surface area contributed by atoms with E-state index in [1.54, 1.807) is 0 Å². The summed E-state index contributed by atoms with van der Waals surface area (Å²) in [6.07, 6.45) is 2.14. The van der Waals surface area contributed by atoms with Gasteiger partial charge in [-0.1, -0.05) is 0 Å². The Bertz CT molecular complexity index is 59.5. The third-order valence-corrected chi connectivity index (χ3v) is 1.62. The molecule has 0 aliphatic carbocycles. The van der Waals surface area contributed by atoms with Crippen molar-refractivity contribution >= 4 is 0 Å². The summed E-state index contributed by atoms with van der Waals surface area (Å²) in [5.41, 5.74) is 0. The highest BCUT2D eigenvalue weighted by Crippen LogP contribution is 2.11. The lowest BCUT2D eigenvalue weighted by atomic mass is 10.1. The summed E-state index contributed by atoms with van der Waals surface area (Å²) in [6.45, 7) is 2.34. The van der Waals surface area contributed by atoms with E-state index in [9.17, 15) is 0 Å². The van der Waals surface area contributed by atoms with E-state index in [-0.39, 0.29) is 0 Å². The molecule has 8 heavy (non-hydrogen) atoms. The van der Waals surface area contributed by atoms with Gasteiger partial charge in [0.25, 0.3) is 0 Å². The van der Waals surface area contributed by atoms with Crippen molar-refractivity contribution in [2.45, 2.75) is 12.8 Å². The van der Waals surface area contributed by atoms with Gasteiger partial charge in [0.2, 0.25) is 0 Å². The molecule has 0 bridgehead atoms. The standard InChI is InChI=1S/C6H12NO/c8-4-2-6-1-3-7-5-6/h6,8H,1-5H2. The topological polar surface area (TPSA) is 34.3 Å². The molecule has 1 unspecified atom stereocenters. The van der Waals surface area contributed by atoms with Crippen LogP contribution in [0.3, 0.4) is 0 Å². The van der Waals surface area contributed by atoms with Crippen molar-refractivity contribution in [1.82, 2.24) is 5.32 Å². The van der Waals surface area contributed by atoms with Crippen molar-refractivity contribution in [2.24, 2.45) is 5.92 Å². The number of hydrogen-bond donors (Lipinski definition) is 1. The van der Waals surface area contributed by atoms with E-state index >= 15 is 0 Å². The maximum Gasteiger partial charge on any atom is 0.0434 e. The predicted molar refractivity (Wildman–Crippen MR) is 31.7 cm³/mol. The van der Waals surface area contributed by atoms with Crippen LogP contribution in [0.25, 0.3) is 0 Å². The van der Waals surface area contributed by atoms with Crippen LogP contribution in [0.1, 0.15) is 12.8 Å². The number of aliphatic hydroxyl groups is 1. The maximum absolute atomic E-state index is 8.48. The van der Waals surface area contributed by atoms with Crippen molar-refractivity contribution in [3.8, 4) is 0 Å². The molecular weight excluding hydrogens is 102 g/mol. The molecule has 0 saturated carbocycles. The number of rotatable bonds is 2. The van der Waals surface area contributed by atoms with Crippen molar-refractivity contribution in [2.75, 3.05) is 19.7 Å². The van der Waals surface area contributed by atoms with Gasteiger partial charge in [0.05, 0.1) is 0 Å². The third kappa shape index (κ3) is 1.46. The van der Waals surface area contributed by atoms with Gasteiger partial charge in [-0.3, -0.25) is 0 Å². The van der Waals surface area contributed by atoms with Crippen molar-refractivity contribution in [3.63, 3.8) is 0 Å². The van der Waals surface area contributed by atoms with Gasteiger partial charge in [0, 0.05) is 19.7 Å². The Morgan fingerprint density at radius 2 is 2.50 bits per heavy atom. The Morgan fingerprint density at radius 3 is 3.00 bits per heavy atom. The van der Waals surface area contributed by atoms with E-state index in [0.29, 0.717) is 12.5 Å². The second-order valence-corrected chi connectivity index (χ2v) is 2.30. The van der Waals surface area contributed by atoms with Gasteiger partial charge in [0.15, 0.2) is 0 Å². The second kappa shape index (κ2) is 3.05. The van der Waals surface area contributed by atoms with Gasteiger partial charge >= 0.3 is 0 Å². The molecule has 1 fully saturated rings. The van der Waals surface area contributed by atoms with E-state index < -0.39 is 0 Å². The third-order valence-electron chi connectivity index (χ3n) is 1.62. The molecule has 1 atom stereocenters. The van der Waals surface area contributed by atoms with Crippen LogP contribution in [0, 0.1) is 5.92 Å². The molecule has 0 aromatic carbocycles. The first-order valence-electron chi connectivity index (χ1n) is 3.17. The Balaban J connectivity index is 2.06. The van der Waals surface area contributed by atoms with E-state index in [1.807, 2.05) is 0 Å². The van der Waals surface area contributed by atoms with E-state index in [0.717, 1.165) is 19.5 Å². The molecule has 2 nitrogen and oxygen atoms in total. The molecule has 0 amide bonds. The average molecular weight is 114 g/mol. The molecule has 47 valence electrons. The molecule has 1 aliphatic rings. The van der Waals surface area contributed by atoms with E-state index in [2.05, 4.69) is 5.32 Å². The highest BCUT2D eigenvalue weighted by atomic mass is 16.3. The van der Waals surface area contributed by atoms with Crippen LogP contribution in [0.2, 0.25) is 0 Å². The first-order valence-corrected chi connectivity index (χ1v) is 3.17. The van der Waals surface area contributed by atoms with Crippen molar-refractivity contribution < 1.29 is 5.11 Å². The highest BCUT2D eigenvalue weighted by molar-refractivity contribution is 4.69. The maximum atomic E-state index is 8.48. The molecule has 0 aromatic rings. The zero-order valence-corrected chi connectivity index (χ0v) is 5.01. The molecule has 1 heterocycles. The van der Waals surface area contributed by atoms with Crippen LogP contribution < -0.4 is 5.32 Å². The van der Waals surface area contributed by atoms with Crippen LogP contribution in [-0.4, -0.2) is 24.8 Å². The minimum Gasteiger partial charge on any atom is -0.396 e. The fourth-order valence-corrected chi connectivity index (χ4v) is 1.06. The van der Waals surface area contributed by atoms with Crippen LogP contribution in [0.4, 0.5) is 0 Å². The summed E-state index contributed by atoms with van der Waals surface area (Å²) in [7, 11) is 0. The lowest BCUT2D eigenvalue weighted by Crippen LogP contribution is -2.04. The molecule has 1 aliphatic heterocycles. The first-order chi connectivity index (χ1) is 3.93. The molecule has 0 aromatic heterocycles. The largest absolute Gasteiger partial charge is 0.396 e. The monoisotopic (exact) mass is 114 g/mol. The van der Waals surface area contributed by atoms with Gasteiger partial charge in [-0.2, -0.15) is 0 Å². The molecule has 2 heteroatoms. The Morgan fingerprint density at radius 1 is 1.62 bits per heavy atom. The number of hydrogen-bond acceptors (Lipinski definition) is 1. The zero-order valence-electron chi connectivity index (χ0n) is 5.01. The van der Waals surface area contributed by atoms with Gasteiger partial charge in [-0.15, -0.1) is 0 Å². The first kappa shape index (κ1) is 6.05. The fourth-order valence-electron chi connectivity index (χ4n) is 1.06. The minimum atomic E-state index is 0.334. The van der Waals surface area contributed by atoms with E-state index in [4.69, 9.17) is 5.11 Å². The molecule has 0 spiro atoms. The van der Waals surface area contributed by atoms with Gasteiger partial charge in [-0.05, 0) is 18.8 Å². The zero-order chi connectivity index (χ0) is 5.82. The molecule has 1 rings (SSSR count). The lowest BCUT2D eigenvalue weighted by Gasteiger charge is -2.01. The van der Waals surface area contributed by atoms with Crippen molar-refractivity contribution in [3.05, 3.63) is 0 Å². The second-order valence-electron chi connectivity index (χ2n) is 2.30. The fraction of sp³-hybridized carbons (Fsp3) is 1.00. The van der Waals surface area contributed by atoms with Crippen LogP contribution in [0.15, 0.2) is 0 Å². The Kier molecular flexibility index (Phi) is 2.30. The SMILES string of the molecule is OCCC1CC[N]C1. The van der Waals surface area contributed by atoms with Gasteiger partial charge in [-0.25, -0.2) is 5.32 Å². The molecule has 1 radical (unpaired) electrons. The normalized spacial score (nSPS) is 28.9. The summed E-state index contributed by atoms with van der Waals surface area (Å²) >= 11 is 0. The summed E-state index contributed by atoms with van der Waals surface area (Å²) in [6, 6.07) is 0. The molecule has 1 N–H and O–H groups in total. The predicted octanol–water partition coefficient (Wildman–Crippen LogP) is -0.00690. The summed E-state index contributed by atoms with van der Waals surface area (Å²) in [5, 5.41) is 12.7. The lowest BCUT2D eigenvalue weighted by molar-refractivity contribution is 0.262. The Hall–Kier alpha value is -0.0800. The van der Waals surface area contributed by atoms with Crippen molar-refractivity contribution in [1.29, 1.82) is 0 Å². The summed E-state index contributed by atoms with van der Waals surface area (Å²) in [4.78, 5) is 0. The van der Waals surface area contributed by atoms with Crippen LogP contribution >= 0.6 is 0 Å². The molecular formula is C6H12NO. The van der Waals surface area contributed by atoms with Gasteiger partial charge in [0.1, 0.15) is 0 Å². The quantitative estimate of drug-likeness (QED) is 0.538. The molecule has 1 saturated heterocycles.